The maximum atomic E-state index is 13.2. The average Bonchev–Trinajstić information content (AvgIpc) is 2.67. The van der Waals surface area contributed by atoms with Crippen molar-refractivity contribution < 1.29 is 21.2 Å². The van der Waals surface area contributed by atoms with Crippen molar-refractivity contribution in [3.05, 3.63) is 59.9 Å². The van der Waals surface area contributed by atoms with Crippen LogP contribution in [0.2, 0.25) is 0 Å². The van der Waals surface area contributed by atoms with E-state index < -0.39 is 31.9 Å². The number of halogens is 1. The molecule has 2 rings (SSSR count). The molecule has 2 aromatic carbocycles. The van der Waals surface area contributed by atoms with Crippen LogP contribution in [-0.2, 0) is 20.0 Å². The van der Waals surface area contributed by atoms with Crippen molar-refractivity contribution in [3.8, 4) is 0 Å². The van der Waals surface area contributed by atoms with Gasteiger partial charge in [0, 0.05) is 19.1 Å². The van der Waals surface area contributed by atoms with E-state index >= 15 is 0 Å². The lowest BCUT2D eigenvalue weighted by Gasteiger charge is -2.23. The van der Waals surface area contributed by atoms with Gasteiger partial charge >= 0.3 is 0 Å². The van der Waals surface area contributed by atoms with Gasteiger partial charge in [0.1, 0.15) is 5.82 Å². The lowest BCUT2D eigenvalue weighted by Crippen LogP contribution is -2.32. The highest BCUT2D eigenvalue weighted by molar-refractivity contribution is 7.89. The Bertz CT molecular complexity index is 1020. The molecule has 29 heavy (non-hydrogen) atoms. The highest BCUT2D eigenvalue weighted by Gasteiger charge is 2.26. The van der Waals surface area contributed by atoms with Gasteiger partial charge in [-0.3, -0.25) is 0 Å². The molecule has 0 aliphatic rings. The second-order valence-corrected chi connectivity index (χ2v) is 10.6. The van der Waals surface area contributed by atoms with Gasteiger partial charge in [-0.25, -0.2) is 25.9 Å². The molecule has 0 aromatic heterocycles. The van der Waals surface area contributed by atoms with E-state index in [-0.39, 0.29) is 15.7 Å². The summed E-state index contributed by atoms with van der Waals surface area (Å²) in [6, 6.07) is 10.2. The Morgan fingerprint density at radius 2 is 1.34 bits per heavy atom. The van der Waals surface area contributed by atoms with Gasteiger partial charge in [-0.05, 0) is 47.9 Å². The van der Waals surface area contributed by atoms with E-state index in [1.54, 1.807) is 26.0 Å². The molecule has 1 N–H and O–H groups in total. The fourth-order valence-corrected chi connectivity index (χ4v) is 5.83. The highest BCUT2D eigenvalue weighted by Crippen LogP contribution is 2.25. The smallest absolute Gasteiger partial charge is 0.207 e. The maximum Gasteiger partial charge on any atom is 0.243 e. The van der Waals surface area contributed by atoms with Crippen LogP contribution in [0.4, 0.5) is 4.39 Å². The number of rotatable bonds is 9. The van der Waals surface area contributed by atoms with Gasteiger partial charge in [0.25, 0.3) is 0 Å². The third-order valence-electron chi connectivity index (χ3n) is 4.66. The second kappa shape index (κ2) is 9.34. The van der Waals surface area contributed by atoms with Gasteiger partial charge in [0.2, 0.25) is 20.0 Å². The molecule has 2 aromatic rings. The fourth-order valence-electron chi connectivity index (χ4n) is 3.00. The Labute approximate surface area is 172 Å². The molecule has 0 amide bonds. The highest BCUT2D eigenvalue weighted by atomic mass is 32.2. The number of benzene rings is 2. The summed E-state index contributed by atoms with van der Waals surface area (Å²) in [4.78, 5) is 0.00264. The largest absolute Gasteiger partial charge is 0.243 e. The zero-order chi connectivity index (χ0) is 21.8. The SMILES string of the molecule is CCN(CC)S(=O)(=O)c1ccc(S(=O)(=O)NC(c2ccc(F)cc2)C(C)C)cc1. The molecule has 0 heterocycles. The summed E-state index contributed by atoms with van der Waals surface area (Å²) in [6.07, 6.45) is 0. The first-order valence-electron chi connectivity index (χ1n) is 9.41. The van der Waals surface area contributed by atoms with Gasteiger partial charge < -0.3 is 0 Å². The van der Waals surface area contributed by atoms with E-state index in [1.165, 1.54) is 40.7 Å². The topological polar surface area (TPSA) is 83.6 Å². The summed E-state index contributed by atoms with van der Waals surface area (Å²) in [6.45, 7) is 7.85. The predicted octanol–water partition coefficient (Wildman–Crippen LogP) is 3.53. The fraction of sp³-hybridized carbons (Fsp3) is 0.400. The summed E-state index contributed by atoms with van der Waals surface area (Å²) in [7, 11) is -7.57. The minimum absolute atomic E-state index is 0.0382. The molecule has 0 radical (unpaired) electrons. The molecule has 0 bridgehead atoms. The zero-order valence-electron chi connectivity index (χ0n) is 17.0. The molecule has 0 aliphatic heterocycles. The predicted molar refractivity (Wildman–Crippen MR) is 111 cm³/mol. The molecule has 0 aliphatic carbocycles. The molecular formula is C20H27FN2O4S2. The summed E-state index contributed by atoms with van der Waals surface area (Å²) < 4.78 is 68.0. The van der Waals surface area contributed by atoms with E-state index in [0.717, 1.165) is 0 Å². The molecular weight excluding hydrogens is 415 g/mol. The Balaban J connectivity index is 2.32. The standard InChI is InChI=1S/C20H27FN2O4S2/c1-5-23(6-2)29(26,27)19-13-11-18(12-14-19)28(24,25)22-20(15(3)4)16-7-9-17(21)10-8-16/h7-15,20,22H,5-6H2,1-4H3. The van der Waals surface area contributed by atoms with E-state index in [1.807, 2.05) is 13.8 Å². The third kappa shape index (κ3) is 5.42. The second-order valence-electron chi connectivity index (χ2n) is 6.96. The zero-order valence-corrected chi connectivity index (χ0v) is 18.6. The first-order chi connectivity index (χ1) is 13.5. The van der Waals surface area contributed by atoms with E-state index in [2.05, 4.69) is 4.72 Å². The molecule has 0 spiro atoms. The van der Waals surface area contributed by atoms with Crippen LogP contribution in [0.3, 0.4) is 0 Å². The van der Waals surface area contributed by atoms with Crippen molar-refractivity contribution in [1.29, 1.82) is 0 Å². The summed E-state index contributed by atoms with van der Waals surface area (Å²) in [5.74, 6) is -0.485. The van der Waals surface area contributed by atoms with Crippen LogP contribution in [0.1, 0.15) is 39.3 Å². The quantitative estimate of drug-likeness (QED) is 0.644. The van der Waals surface area contributed by atoms with Crippen LogP contribution in [-0.4, -0.2) is 34.2 Å². The molecule has 160 valence electrons. The minimum Gasteiger partial charge on any atom is -0.207 e. The van der Waals surface area contributed by atoms with E-state index in [9.17, 15) is 21.2 Å². The monoisotopic (exact) mass is 442 g/mol. The van der Waals surface area contributed by atoms with Crippen LogP contribution in [0.25, 0.3) is 0 Å². The Morgan fingerprint density at radius 1 is 0.862 bits per heavy atom. The summed E-state index contributed by atoms with van der Waals surface area (Å²) in [5, 5.41) is 0. The number of hydrogen-bond acceptors (Lipinski definition) is 4. The molecule has 0 fully saturated rings. The molecule has 0 saturated carbocycles. The third-order valence-corrected chi connectivity index (χ3v) is 8.18. The van der Waals surface area contributed by atoms with Crippen LogP contribution >= 0.6 is 0 Å². The number of hydrogen-bond donors (Lipinski definition) is 1. The van der Waals surface area contributed by atoms with Crippen LogP contribution in [0.5, 0.6) is 0 Å². The van der Waals surface area contributed by atoms with Crippen molar-refractivity contribution in [2.75, 3.05) is 13.1 Å². The van der Waals surface area contributed by atoms with Gasteiger partial charge in [-0.2, -0.15) is 4.31 Å². The Hall–Kier alpha value is -1.81. The van der Waals surface area contributed by atoms with Crippen molar-refractivity contribution in [2.45, 2.75) is 43.5 Å². The first kappa shape index (κ1) is 23.5. The van der Waals surface area contributed by atoms with E-state index in [4.69, 9.17) is 0 Å². The summed E-state index contributed by atoms with van der Waals surface area (Å²) in [5.41, 5.74) is 0.644. The van der Waals surface area contributed by atoms with Crippen LogP contribution in [0, 0.1) is 11.7 Å². The van der Waals surface area contributed by atoms with Gasteiger partial charge in [0.15, 0.2) is 0 Å². The van der Waals surface area contributed by atoms with Crippen molar-refractivity contribution in [1.82, 2.24) is 9.03 Å². The Morgan fingerprint density at radius 3 is 1.79 bits per heavy atom. The summed E-state index contributed by atoms with van der Waals surface area (Å²) >= 11 is 0. The minimum atomic E-state index is -3.91. The van der Waals surface area contributed by atoms with Crippen molar-refractivity contribution in [2.24, 2.45) is 5.92 Å². The molecule has 0 saturated heterocycles. The lowest BCUT2D eigenvalue weighted by atomic mass is 9.97. The normalized spacial score (nSPS) is 13.8. The van der Waals surface area contributed by atoms with Crippen LogP contribution in [0.15, 0.2) is 58.3 Å². The lowest BCUT2D eigenvalue weighted by molar-refractivity contribution is 0.445. The average molecular weight is 443 g/mol. The first-order valence-corrected chi connectivity index (χ1v) is 12.3. The maximum absolute atomic E-state index is 13.2. The molecule has 1 unspecified atom stereocenters. The molecule has 9 heteroatoms. The number of nitrogens with one attached hydrogen (secondary N) is 1. The Kier molecular flexibility index (Phi) is 7.56. The van der Waals surface area contributed by atoms with Gasteiger partial charge in [-0.1, -0.05) is 39.8 Å². The molecule has 1 atom stereocenters. The van der Waals surface area contributed by atoms with Crippen LogP contribution < -0.4 is 4.72 Å². The molecule has 6 nitrogen and oxygen atoms in total. The van der Waals surface area contributed by atoms with Gasteiger partial charge in [0.05, 0.1) is 9.79 Å². The van der Waals surface area contributed by atoms with Crippen molar-refractivity contribution in [3.63, 3.8) is 0 Å². The van der Waals surface area contributed by atoms with Gasteiger partial charge in [-0.15, -0.1) is 0 Å². The van der Waals surface area contributed by atoms with Crippen molar-refractivity contribution >= 4 is 20.0 Å². The number of nitrogens with zero attached hydrogens (tertiary/aromatic N) is 1. The number of sulfonamides is 2. The van der Waals surface area contributed by atoms with E-state index in [0.29, 0.717) is 18.7 Å².